The van der Waals surface area contributed by atoms with E-state index in [1.165, 1.54) is 0 Å². The number of hydrogen-bond acceptors (Lipinski definition) is 3. The van der Waals surface area contributed by atoms with Crippen LogP contribution in [0.5, 0.6) is 5.75 Å². The fraction of sp³-hybridized carbons (Fsp3) is 0.308. The molecule has 0 saturated carbocycles. The second-order valence-electron chi connectivity index (χ2n) is 3.39. The zero-order valence-corrected chi connectivity index (χ0v) is 10.5. The minimum absolute atomic E-state index is 0.292. The zero-order chi connectivity index (χ0) is 12.7. The molecule has 0 fully saturated rings. The van der Waals surface area contributed by atoms with E-state index in [0.29, 0.717) is 30.4 Å². The molecule has 0 aliphatic heterocycles. The number of para-hydroxylation sites is 1. The van der Waals surface area contributed by atoms with Crippen LogP contribution in [0.25, 0.3) is 0 Å². The van der Waals surface area contributed by atoms with Gasteiger partial charge in [0.25, 0.3) is 0 Å². The molecule has 92 valence electrons. The minimum atomic E-state index is -0.389. The average Bonchev–Trinajstić information content (AvgIpc) is 2.36. The third-order valence-corrected chi connectivity index (χ3v) is 2.38. The maximum Gasteiger partial charge on any atom is 0.341 e. The van der Waals surface area contributed by atoms with Gasteiger partial charge in [0, 0.05) is 5.88 Å². The Labute approximate surface area is 106 Å². The van der Waals surface area contributed by atoms with Crippen LogP contribution >= 0.6 is 11.6 Å². The Morgan fingerprint density at radius 3 is 2.76 bits per heavy atom. The molecule has 0 bridgehead atoms. The van der Waals surface area contributed by atoms with Gasteiger partial charge in [0.2, 0.25) is 0 Å². The first kappa shape index (κ1) is 13.6. The van der Waals surface area contributed by atoms with Gasteiger partial charge >= 0.3 is 5.97 Å². The number of rotatable bonds is 6. The van der Waals surface area contributed by atoms with Crippen LogP contribution in [0.2, 0.25) is 0 Å². The molecule has 4 heteroatoms. The van der Waals surface area contributed by atoms with Gasteiger partial charge < -0.3 is 9.47 Å². The summed E-state index contributed by atoms with van der Waals surface area (Å²) in [5.74, 6) is 0.429. The van der Waals surface area contributed by atoms with E-state index < -0.39 is 0 Å². The molecule has 0 heterocycles. The van der Waals surface area contributed by atoms with E-state index in [2.05, 4.69) is 6.58 Å². The molecule has 0 radical (unpaired) electrons. The fourth-order valence-electron chi connectivity index (χ4n) is 1.19. The van der Waals surface area contributed by atoms with E-state index in [4.69, 9.17) is 21.1 Å². The minimum Gasteiger partial charge on any atom is -0.488 e. The third-order valence-electron chi connectivity index (χ3n) is 2.00. The molecule has 1 rings (SSSR count). The van der Waals surface area contributed by atoms with Crippen LogP contribution in [0.4, 0.5) is 0 Å². The monoisotopic (exact) mass is 254 g/mol. The summed E-state index contributed by atoms with van der Waals surface area (Å²) >= 11 is 5.60. The standard InChI is InChI=1S/C13H15ClO3/c1-3-16-13(15)11-6-4-5-7-12(11)17-9-10(2)8-14/h4-7H,2-3,8-9H2,1H3. The molecule has 0 spiro atoms. The summed E-state index contributed by atoms with van der Waals surface area (Å²) in [5, 5.41) is 0. The molecule has 3 nitrogen and oxygen atoms in total. The Kier molecular flexibility index (Phi) is 5.57. The molecule has 0 unspecified atom stereocenters. The van der Waals surface area contributed by atoms with Crippen molar-refractivity contribution < 1.29 is 14.3 Å². The largest absolute Gasteiger partial charge is 0.488 e. The van der Waals surface area contributed by atoms with Crippen molar-refractivity contribution in [3.63, 3.8) is 0 Å². The van der Waals surface area contributed by atoms with Crippen molar-refractivity contribution in [1.29, 1.82) is 0 Å². The van der Waals surface area contributed by atoms with Crippen molar-refractivity contribution in [3.8, 4) is 5.75 Å². The van der Waals surface area contributed by atoms with Crippen LogP contribution in [0, 0.1) is 0 Å². The number of hydrogen-bond donors (Lipinski definition) is 0. The Balaban J connectivity index is 2.77. The number of carbonyl (C=O) groups is 1. The van der Waals surface area contributed by atoms with Crippen LogP contribution < -0.4 is 4.74 Å². The maximum atomic E-state index is 11.6. The molecule has 1 aromatic rings. The van der Waals surface area contributed by atoms with Gasteiger partial charge in [-0.1, -0.05) is 18.7 Å². The van der Waals surface area contributed by atoms with Gasteiger partial charge in [0.1, 0.15) is 17.9 Å². The number of ether oxygens (including phenoxy) is 2. The van der Waals surface area contributed by atoms with E-state index in [0.717, 1.165) is 5.57 Å². The van der Waals surface area contributed by atoms with E-state index in [-0.39, 0.29) is 5.97 Å². The molecule has 0 aliphatic carbocycles. The molecule has 0 aromatic heterocycles. The van der Waals surface area contributed by atoms with Crippen molar-refractivity contribution >= 4 is 17.6 Å². The highest BCUT2D eigenvalue weighted by atomic mass is 35.5. The quantitative estimate of drug-likeness (QED) is 0.445. The van der Waals surface area contributed by atoms with Gasteiger partial charge in [-0.05, 0) is 24.6 Å². The highest BCUT2D eigenvalue weighted by Gasteiger charge is 2.12. The first-order chi connectivity index (χ1) is 8.19. The van der Waals surface area contributed by atoms with E-state index >= 15 is 0 Å². The normalized spacial score (nSPS) is 9.76. The number of esters is 1. The first-order valence-corrected chi connectivity index (χ1v) is 5.84. The summed E-state index contributed by atoms with van der Waals surface area (Å²) in [7, 11) is 0. The van der Waals surface area contributed by atoms with Gasteiger partial charge in [0.15, 0.2) is 0 Å². The summed E-state index contributed by atoms with van der Waals surface area (Å²) in [6, 6.07) is 6.93. The third kappa shape index (κ3) is 4.11. The number of alkyl halides is 1. The molecule has 17 heavy (non-hydrogen) atoms. The van der Waals surface area contributed by atoms with Gasteiger partial charge in [-0.25, -0.2) is 4.79 Å². The molecule has 1 aromatic carbocycles. The van der Waals surface area contributed by atoms with Crippen LogP contribution in [0.15, 0.2) is 36.4 Å². The summed E-state index contributed by atoms with van der Waals surface area (Å²) in [5.41, 5.74) is 1.17. The van der Waals surface area contributed by atoms with Crippen LogP contribution in [0.3, 0.4) is 0 Å². The second-order valence-corrected chi connectivity index (χ2v) is 3.66. The molecule has 0 N–H and O–H groups in total. The molecule has 0 aliphatic rings. The Morgan fingerprint density at radius 2 is 2.12 bits per heavy atom. The molecular formula is C13H15ClO3. The van der Waals surface area contributed by atoms with Gasteiger partial charge in [0.05, 0.1) is 6.61 Å². The summed E-state index contributed by atoms with van der Waals surface area (Å²) in [6.45, 7) is 6.11. The SMILES string of the molecule is C=C(CCl)COc1ccccc1C(=O)OCC. The Morgan fingerprint density at radius 1 is 1.41 bits per heavy atom. The number of halogens is 1. The summed E-state index contributed by atoms with van der Waals surface area (Å²) in [6.07, 6.45) is 0. The van der Waals surface area contributed by atoms with Crippen molar-refractivity contribution in [1.82, 2.24) is 0 Å². The van der Waals surface area contributed by atoms with Crippen LogP contribution in [-0.4, -0.2) is 25.1 Å². The van der Waals surface area contributed by atoms with Crippen molar-refractivity contribution in [2.45, 2.75) is 6.92 Å². The smallest absolute Gasteiger partial charge is 0.341 e. The van der Waals surface area contributed by atoms with Crippen molar-refractivity contribution in [2.24, 2.45) is 0 Å². The van der Waals surface area contributed by atoms with E-state index in [9.17, 15) is 4.79 Å². The highest BCUT2D eigenvalue weighted by Crippen LogP contribution is 2.19. The predicted octanol–water partition coefficient (Wildman–Crippen LogP) is 3.04. The van der Waals surface area contributed by atoms with Gasteiger partial charge in [-0.2, -0.15) is 0 Å². The summed E-state index contributed by atoms with van der Waals surface area (Å²) < 4.78 is 10.4. The first-order valence-electron chi connectivity index (χ1n) is 5.30. The van der Waals surface area contributed by atoms with Crippen molar-refractivity contribution in [3.05, 3.63) is 42.0 Å². The summed E-state index contributed by atoms with van der Waals surface area (Å²) in [4.78, 5) is 11.6. The van der Waals surface area contributed by atoms with Crippen LogP contribution in [0.1, 0.15) is 17.3 Å². The number of benzene rings is 1. The topological polar surface area (TPSA) is 35.5 Å². The lowest BCUT2D eigenvalue weighted by molar-refractivity contribution is 0.0522. The van der Waals surface area contributed by atoms with Crippen LogP contribution in [-0.2, 0) is 4.74 Å². The lowest BCUT2D eigenvalue weighted by atomic mass is 10.2. The number of carbonyl (C=O) groups excluding carboxylic acids is 1. The predicted molar refractivity (Wildman–Crippen MR) is 67.8 cm³/mol. The fourth-order valence-corrected chi connectivity index (χ4v) is 1.27. The lowest BCUT2D eigenvalue weighted by Gasteiger charge is -2.10. The second kappa shape index (κ2) is 6.97. The van der Waals surface area contributed by atoms with Crippen molar-refractivity contribution in [2.75, 3.05) is 19.1 Å². The molecule has 0 saturated heterocycles. The van der Waals surface area contributed by atoms with Gasteiger partial charge in [-0.15, -0.1) is 11.6 Å². The van der Waals surface area contributed by atoms with Gasteiger partial charge in [-0.3, -0.25) is 0 Å². The highest BCUT2D eigenvalue weighted by molar-refractivity contribution is 6.19. The zero-order valence-electron chi connectivity index (χ0n) is 9.74. The van der Waals surface area contributed by atoms with E-state index in [1.54, 1.807) is 31.2 Å². The van der Waals surface area contributed by atoms with E-state index in [1.807, 2.05) is 0 Å². The lowest BCUT2D eigenvalue weighted by Crippen LogP contribution is -2.09. The maximum absolute atomic E-state index is 11.6. The molecule has 0 amide bonds. The average molecular weight is 255 g/mol. The Hall–Kier alpha value is -1.48. The molecular weight excluding hydrogens is 240 g/mol. The Bertz CT molecular complexity index is 401. The molecule has 0 atom stereocenters.